The number of nitrogens with zero attached hydrogens (tertiary/aromatic N) is 3. The summed E-state index contributed by atoms with van der Waals surface area (Å²) >= 11 is 0. The summed E-state index contributed by atoms with van der Waals surface area (Å²) in [6, 6.07) is 20.3. The Balaban J connectivity index is 1.42. The third kappa shape index (κ3) is 5.19. The number of hydrogen-bond acceptors (Lipinski definition) is 5. The molecule has 8 heteroatoms. The number of allylic oxidation sites excluding steroid dienone is 1. The zero-order valence-corrected chi connectivity index (χ0v) is 24.0. The molecule has 1 N–H and O–H groups in total. The number of rotatable bonds is 9. The van der Waals surface area contributed by atoms with E-state index in [2.05, 4.69) is 24.3 Å². The van der Waals surface area contributed by atoms with E-state index >= 15 is 0 Å². The van der Waals surface area contributed by atoms with Gasteiger partial charge < -0.3 is 23.9 Å². The highest BCUT2D eigenvalue weighted by Crippen LogP contribution is 2.39. The number of hydrogen-bond donors (Lipinski definition) is 1. The van der Waals surface area contributed by atoms with Crippen molar-refractivity contribution < 1.29 is 24.1 Å². The first-order valence-electron chi connectivity index (χ1n) is 14.4. The maximum absolute atomic E-state index is 12.8. The van der Waals surface area contributed by atoms with Gasteiger partial charge in [-0.25, -0.2) is 4.79 Å². The molecule has 0 aliphatic carbocycles. The van der Waals surface area contributed by atoms with E-state index in [9.17, 15) is 9.90 Å². The fraction of sp³-hybridized carbons (Fsp3) is 0.294. The standard InChI is InChI=1S/C34H35N3O5/c1-3-40-21-28-31-27-15-9-14-25-26(16-10-20-42-30-17-8-12-23-11-4-5-13-24(23)30)33(34(38)39)37(32(25)27)18-6-7-19-41-22-29(31)36(2)35-28/h4-9,11-15,17H,3,10,16,18-22H2,1-2H3,(H,38,39)/b7-6-. The molecule has 0 radical (unpaired) electrons. The molecular formula is C34H35N3O5. The molecule has 8 nitrogen and oxygen atoms in total. The van der Waals surface area contributed by atoms with Crippen molar-refractivity contribution in [2.45, 2.75) is 39.5 Å². The lowest BCUT2D eigenvalue weighted by molar-refractivity contribution is 0.0685. The number of aromatic carboxylic acids is 1. The summed E-state index contributed by atoms with van der Waals surface area (Å²) in [6.45, 7) is 4.59. The topological polar surface area (TPSA) is 87.7 Å². The number of para-hydroxylation sites is 1. The summed E-state index contributed by atoms with van der Waals surface area (Å²) < 4.78 is 21.7. The van der Waals surface area contributed by atoms with Crippen LogP contribution in [0.1, 0.15) is 40.8 Å². The Morgan fingerprint density at radius 2 is 1.86 bits per heavy atom. The van der Waals surface area contributed by atoms with E-state index in [1.807, 2.05) is 71.8 Å². The second kappa shape index (κ2) is 12.2. The van der Waals surface area contributed by atoms with Crippen molar-refractivity contribution in [3.8, 4) is 16.9 Å². The molecule has 0 bridgehead atoms. The lowest BCUT2D eigenvalue weighted by Crippen LogP contribution is -2.11. The lowest BCUT2D eigenvalue weighted by atomic mass is 9.98. The zero-order valence-electron chi connectivity index (χ0n) is 24.0. The van der Waals surface area contributed by atoms with Crippen molar-refractivity contribution in [1.82, 2.24) is 14.3 Å². The van der Waals surface area contributed by atoms with Gasteiger partial charge in [0.05, 0.1) is 43.3 Å². The van der Waals surface area contributed by atoms with Crippen molar-refractivity contribution in [2.75, 3.05) is 19.8 Å². The zero-order chi connectivity index (χ0) is 29.1. The average molecular weight is 566 g/mol. The number of carboxylic acids is 1. The van der Waals surface area contributed by atoms with Gasteiger partial charge in [0.2, 0.25) is 0 Å². The highest BCUT2D eigenvalue weighted by Gasteiger charge is 2.27. The van der Waals surface area contributed by atoms with Crippen LogP contribution in [0.4, 0.5) is 0 Å². The molecule has 216 valence electrons. The Hall–Kier alpha value is -4.40. The molecule has 0 spiro atoms. The molecular weight excluding hydrogens is 530 g/mol. The fourth-order valence-corrected chi connectivity index (χ4v) is 5.98. The summed E-state index contributed by atoms with van der Waals surface area (Å²) in [4.78, 5) is 12.8. The van der Waals surface area contributed by atoms with Crippen LogP contribution in [0.25, 0.3) is 32.8 Å². The van der Waals surface area contributed by atoms with E-state index in [1.165, 1.54) is 0 Å². The van der Waals surface area contributed by atoms with E-state index in [0.29, 0.717) is 58.1 Å². The van der Waals surface area contributed by atoms with E-state index in [-0.39, 0.29) is 0 Å². The van der Waals surface area contributed by atoms with Gasteiger partial charge in [-0.15, -0.1) is 0 Å². The molecule has 1 aliphatic rings. The Labute approximate surface area is 244 Å². The third-order valence-corrected chi connectivity index (χ3v) is 7.83. The monoisotopic (exact) mass is 565 g/mol. The first kappa shape index (κ1) is 27.8. The van der Waals surface area contributed by atoms with Crippen LogP contribution >= 0.6 is 0 Å². The van der Waals surface area contributed by atoms with Crippen LogP contribution < -0.4 is 4.74 Å². The number of benzene rings is 3. The molecule has 3 aromatic carbocycles. The van der Waals surface area contributed by atoms with E-state index in [1.54, 1.807) is 0 Å². The van der Waals surface area contributed by atoms with Crippen LogP contribution in [0.5, 0.6) is 5.75 Å². The minimum atomic E-state index is -0.942. The number of carbonyl (C=O) groups is 1. The summed E-state index contributed by atoms with van der Waals surface area (Å²) in [7, 11) is 1.91. The quantitative estimate of drug-likeness (QED) is 0.162. The second-order valence-electron chi connectivity index (χ2n) is 10.4. The van der Waals surface area contributed by atoms with Gasteiger partial charge in [-0.2, -0.15) is 5.10 Å². The molecule has 42 heavy (non-hydrogen) atoms. The number of carboxylic acid groups (broad SMARTS) is 1. The predicted molar refractivity (Wildman–Crippen MR) is 163 cm³/mol. The van der Waals surface area contributed by atoms with Gasteiger partial charge in [-0.3, -0.25) is 4.68 Å². The maximum Gasteiger partial charge on any atom is 0.352 e. The Morgan fingerprint density at radius 1 is 1.05 bits per heavy atom. The van der Waals surface area contributed by atoms with Crippen LogP contribution in [0, 0.1) is 0 Å². The second-order valence-corrected chi connectivity index (χ2v) is 10.4. The number of aromatic nitrogens is 3. The van der Waals surface area contributed by atoms with Gasteiger partial charge in [0, 0.05) is 42.1 Å². The molecule has 0 fully saturated rings. The maximum atomic E-state index is 12.8. The van der Waals surface area contributed by atoms with Gasteiger partial charge in [-0.1, -0.05) is 66.7 Å². The molecule has 2 aromatic heterocycles. The van der Waals surface area contributed by atoms with Gasteiger partial charge in [0.1, 0.15) is 11.4 Å². The van der Waals surface area contributed by atoms with Crippen LogP contribution in [0.2, 0.25) is 0 Å². The average Bonchev–Trinajstić information content (AvgIpc) is 3.48. The SMILES string of the molecule is CCOCc1nn(C)c2c1-c1cccc3c(CCCOc4cccc5ccccc45)c(C(=O)O)n(c13)C/C=C\COC2. The van der Waals surface area contributed by atoms with Crippen LogP contribution in [0.15, 0.2) is 72.8 Å². The van der Waals surface area contributed by atoms with Crippen molar-refractivity contribution >= 4 is 27.6 Å². The predicted octanol–water partition coefficient (Wildman–Crippen LogP) is 6.53. The normalized spacial score (nSPS) is 14.0. The van der Waals surface area contributed by atoms with Crippen molar-refractivity contribution in [3.63, 3.8) is 0 Å². The molecule has 5 aromatic rings. The van der Waals surface area contributed by atoms with E-state index < -0.39 is 5.97 Å². The minimum Gasteiger partial charge on any atom is -0.493 e. The Morgan fingerprint density at radius 3 is 2.71 bits per heavy atom. The fourth-order valence-electron chi connectivity index (χ4n) is 5.98. The third-order valence-electron chi connectivity index (χ3n) is 7.83. The molecule has 0 saturated carbocycles. The molecule has 0 atom stereocenters. The van der Waals surface area contributed by atoms with E-state index in [0.717, 1.165) is 55.5 Å². The van der Waals surface area contributed by atoms with Crippen molar-refractivity contribution in [1.29, 1.82) is 0 Å². The van der Waals surface area contributed by atoms with Gasteiger partial charge in [0.15, 0.2) is 0 Å². The Bertz CT molecular complexity index is 1780. The smallest absolute Gasteiger partial charge is 0.352 e. The summed E-state index contributed by atoms with van der Waals surface area (Å²) in [5.41, 5.74) is 5.64. The lowest BCUT2D eigenvalue weighted by Gasteiger charge is -2.12. The molecule has 0 saturated heterocycles. The van der Waals surface area contributed by atoms with Crippen LogP contribution in [-0.4, -0.2) is 45.2 Å². The van der Waals surface area contributed by atoms with Gasteiger partial charge in [-0.05, 0) is 36.8 Å². The van der Waals surface area contributed by atoms with E-state index in [4.69, 9.17) is 19.3 Å². The molecule has 0 amide bonds. The molecule has 6 rings (SSSR count). The summed E-state index contributed by atoms with van der Waals surface area (Å²) in [6.07, 6.45) is 5.16. The largest absolute Gasteiger partial charge is 0.493 e. The number of ether oxygens (including phenoxy) is 3. The van der Waals surface area contributed by atoms with Crippen molar-refractivity contribution in [2.24, 2.45) is 7.05 Å². The number of fused-ring (bicyclic) bond motifs is 3. The van der Waals surface area contributed by atoms with Gasteiger partial charge in [0.25, 0.3) is 0 Å². The van der Waals surface area contributed by atoms with Gasteiger partial charge >= 0.3 is 5.97 Å². The number of aryl methyl sites for hydroxylation is 2. The van der Waals surface area contributed by atoms with Crippen LogP contribution in [-0.2, 0) is 42.7 Å². The minimum absolute atomic E-state index is 0.309. The first-order chi connectivity index (χ1) is 20.6. The molecule has 0 unspecified atom stereocenters. The van der Waals surface area contributed by atoms with Crippen molar-refractivity contribution in [3.05, 3.63) is 95.5 Å². The first-order valence-corrected chi connectivity index (χ1v) is 14.4. The molecule has 1 aliphatic heterocycles. The molecule has 3 heterocycles. The summed E-state index contributed by atoms with van der Waals surface area (Å²) in [5.74, 6) is -0.105. The Kier molecular flexibility index (Phi) is 8.08. The highest BCUT2D eigenvalue weighted by atomic mass is 16.5. The summed E-state index contributed by atoms with van der Waals surface area (Å²) in [5, 5.41) is 18.4. The van der Waals surface area contributed by atoms with Crippen LogP contribution in [0.3, 0.4) is 0 Å². The highest BCUT2D eigenvalue weighted by molar-refractivity contribution is 6.04.